The number of aromatic nitrogens is 15. The normalized spacial score (nSPS) is 10.3. The van der Waals surface area contributed by atoms with Crippen LogP contribution in [0.3, 0.4) is 0 Å². The Labute approximate surface area is 395 Å². The van der Waals surface area contributed by atoms with Crippen LogP contribution in [0.2, 0.25) is 5.28 Å². The van der Waals surface area contributed by atoms with E-state index < -0.39 is 17.6 Å². The highest BCUT2D eigenvalue weighted by Crippen LogP contribution is 2.10. The van der Waals surface area contributed by atoms with Crippen molar-refractivity contribution in [3.05, 3.63) is 163 Å². The number of nitrogens with one attached hydrogen (secondary N) is 3. The molecule has 10 rings (SSSR count). The molecule has 0 spiro atoms. The maximum Gasteiger partial charge on any atom is 0.395 e. The Hall–Kier alpha value is -10.1. The van der Waals surface area contributed by atoms with Crippen molar-refractivity contribution in [3.8, 4) is 0 Å². The average Bonchev–Trinajstić information content (AvgIpc) is 3.33. The van der Waals surface area contributed by atoms with Crippen LogP contribution < -0.4 is 46.3 Å². The predicted octanol–water partition coefficient (Wildman–Crippen LogP) is 0.316. The molecular formula is C41H35ClN18O10. The molecule has 5 heterocycles. The molecule has 0 radical (unpaired) electrons. The standard InChI is InChI=1S/C11H12N4O3.C9H8N4O3.C7H4ClN3O.C7H6N4O.C7H5N3O2/c1-2-18-10(16)7-12-11-13-8-5-3-4-6-9(8)15(17)14-11;14-8(15)5-10-9-11-6-3-1-2-4-7(6)13(16)12-9;2*8-7-9-5-3-1-2-4-6(5)11(12)10-7;11-7-8-5-3-1-2-4-6(5)10(12)9-7/h3-6H,2,7H2,1H3,(H,12,13,14);1-4H,5H2,(H,14,15)(H,10,11,12);1-4H;1-4H,(H2,8,9,10);1-4H,(H,8,9,11). The van der Waals surface area contributed by atoms with Gasteiger partial charge in [0.2, 0.25) is 0 Å². The highest BCUT2D eigenvalue weighted by molar-refractivity contribution is 6.28. The Balaban J connectivity index is 0.000000145. The molecule has 0 aliphatic rings. The highest BCUT2D eigenvalue weighted by atomic mass is 35.5. The van der Waals surface area contributed by atoms with E-state index in [9.17, 15) is 40.4 Å². The van der Waals surface area contributed by atoms with Crippen LogP contribution in [0.15, 0.2) is 126 Å². The summed E-state index contributed by atoms with van der Waals surface area (Å²) in [5.41, 5.74) is 9.03. The van der Waals surface area contributed by atoms with Gasteiger partial charge < -0.3 is 52.2 Å². The van der Waals surface area contributed by atoms with E-state index in [1.807, 2.05) is 5.10 Å². The largest absolute Gasteiger partial charge is 0.595 e. The first-order chi connectivity index (χ1) is 33.7. The topological polar surface area (TPSA) is 397 Å². The fraction of sp³-hybridized carbons (Fsp3) is 0.0976. The first kappa shape index (κ1) is 49.3. The van der Waals surface area contributed by atoms with Gasteiger partial charge in [-0.1, -0.05) is 70.6 Å². The maximum atomic E-state index is 11.6. The number of carbonyl (C=O) groups excluding carboxylic acids is 1. The number of anilines is 3. The number of carbonyl (C=O) groups is 2. The molecule has 0 fully saturated rings. The number of carboxylic acid groups (broad SMARTS) is 1. The molecule has 29 heteroatoms. The van der Waals surface area contributed by atoms with E-state index in [0.29, 0.717) is 86.0 Å². The van der Waals surface area contributed by atoms with Crippen molar-refractivity contribution in [1.82, 2.24) is 50.4 Å². The van der Waals surface area contributed by atoms with Crippen molar-refractivity contribution in [2.45, 2.75) is 6.92 Å². The van der Waals surface area contributed by atoms with E-state index in [4.69, 9.17) is 27.2 Å². The number of rotatable bonds is 7. The summed E-state index contributed by atoms with van der Waals surface area (Å²) in [7, 11) is 0. The summed E-state index contributed by atoms with van der Waals surface area (Å²) in [6.07, 6.45) is 0. The summed E-state index contributed by atoms with van der Waals surface area (Å²) in [6.45, 7) is 1.61. The van der Waals surface area contributed by atoms with Crippen LogP contribution in [-0.4, -0.2) is 87.2 Å². The smallest absolute Gasteiger partial charge is 0.395 e. The van der Waals surface area contributed by atoms with Crippen LogP contribution in [0, 0.1) is 26.0 Å². The zero-order valence-corrected chi connectivity index (χ0v) is 36.8. The zero-order chi connectivity index (χ0) is 50.2. The Bertz CT molecular complexity index is 3440. The Morgan fingerprint density at radius 1 is 0.586 bits per heavy atom. The molecule has 356 valence electrons. The number of nitrogens with zero attached hydrogens (tertiary/aromatic N) is 14. The maximum absolute atomic E-state index is 11.6. The van der Waals surface area contributed by atoms with Crippen LogP contribution in [0.25, 0.3) is 55.2 Å². The fourth-order valence-electron chi connectivity index (χ4n) is 5.66. The molecular weight excluding hydrogens is 940 g/mol. The van der Waals surface area contributed by atoms with Crippen molar-refractivity contribution in [2.24, 2.45) is 0 Å². The molecule has 0 atom stereocenters. The monoisotopic (exact) mass is 974 g/mol. The van der Waals surface area contributed by atoms with Gasteiger partial charge in [-0.25, -0.2) is 24.7 Å². The number of ether oxygens (including phenoxy) is 1. The van der Waals surface area contributed by atoms with Gasteiger partial charge in [0.1, 0.15) is 40.7 Å². The number of nitrogens with two attached hydrogens (primary N) is 1. The van der Waals surface area contributed by atoms with E-state index in [-0.39, 0.29) is 36.2 Å². The number of aromatic amines is 1. The lowest BCUT2D eigenvalue weighted by Crippen LogP contribution is -2.39. The first-order valence-electron chi connectivity index (χ1n) is 20.0. The van der Waals surface area contributed by atoms with Gasteiger partial charge in [-0.2, -0.15) is 4.98 Å². The Morgan fingerprint density at radius 3 is 1.44 bits per heavy atom. The van der Waals surface area contributed by atoms with Gasteiger partial charge in [0, 0.05) is 35.4 Å². The van der Waals surface area contributed by atoms with E-state index in [1.54, 1.807) is 128 Å². The second-order valence-electron chi connectivity index (χ2n) is 13.4. The van der Waals surface area contributed by atoms with E-state index >= 15 is 0 Å². The number of esters is 1. The molecule has 10 aromatic rings. The number of benzene rings is 5. The first-order valence-corrected chi connectivity index (χ1v) is 20.4. The summed E-state index contributed by atoms with van der Waals surface area (Å²) in [6, 6.07) is 33.9. The molecule has 0 saturated carbocycles. The van der Waals surface area contributed by atoms with Gasteiger partial charge in [-0.15, -0.1) is 0 Å². The van der Waals surface area contributed by atoms with Crippen LogP contribution in [0.4, 0.5) is 17.8 Å². The molecule has 0 bridgehead atoms. The number of H-pyrrole nitrogens is 1. The van der Waals surface area contributed by atoms with Gasteiger partial charge in [-0.05, 0) is 68.2 Å². The van der Waals surface area contributed by atoms with Gasteiger partial charge in [0.15, 0.2) is 0 Å². The van der Waals surface area contributed by atoms with Crippen molar-refractivity contribution in [3.63, 3.8) is 0 Å². The molecule has 5 aromatic carbocycles. The lowest BCUT2D eigenvalue weighted by atomic mass is 10.3. The van der Waals surface area contributed by atoms with Gasteiger partial charge >= 0.3 is 17.6 Å². The quantitative estimate of drug-likeness (QED) is 0.0815. The SMILES string of the molecule is CCOC(=O)CNc1nc2ccccc2[n+]([O-])n1.Nc1nc2ccccc2[n+]([O-])n1.O=C(O)CNc1nc2ccccc2[n+]([O-])n1.O=c1nc2ccccc2[n+]([O-])[nH]1.[O-][n+]1nc(Cl)nc2ccccc21. The van der Waals surface area contributed by atoms with E-state index in [1.165, 1.54) is 0 Å². The zero-order valence-electron chi connectivity index (χ0n) is 36.0. The number of aliphatic carboxylic acids is 1. The molecule has 6 N–H and O–H groups in total. The number of halogens is 1. The number of para-hydroxylation sites is 10. The van der Waals surface area contributed by atoms with Gasteiger partial charge in [0.05, 0.1) is 21.9 Å². The lowest BCUT2D eigenvalue weighted by molar-refractivity contribution is -0.644. The second-order valence-corrected chi connectivity index (χ2v) is 13.7. The predicted molar refractivity (Wildman–Crippen MR) is 246 cm³/mol. The number of hydrogen-bond acceptors (Lipinski definition) is 21. The van der Waals surface area contributed by atoms with Crippen molar-refractivity contribution >= 4 is 96.6 Å². The number of nitrogen functional groups attached to an aromatic ring is 1. The van der Waals surface area contributed by atoms with Gasteiger partial charge in [-0.3, -0.25) is 9.59 Å². The highest BCUT2D eigenvalue weighted by Gasteiger charge is 2.13. The van der Waals surface area contributed by atoms with Crippen LogP contribution in [0.5, 0.6) is 0 Å². The van der Waals surface area contributed by atoms with Gasteiger partial charge in [0.25, 0.3) is 50.7 Å². The Kier molecular flexibility index (Phi) is 16.5. The molecule has 0 saturated heterocycles. The van der Waals surface area contributed by atoms with Crippen molar-refractivity contribution < 1.29 is 43.7 Å². The van der Waals surface area contributed by atoms with E-state index in [2.05, 4.69) is 55.9 Å². The molecule has 28 nitrogen and oxygen atoms in total. The minimum Gasteiger partial charge on any atom is -0.595 e. The molecule has 70 heavy (non-hydrogen) atoms. The fourth-order valence-corrected chi connectivity index (χ4v) is 5.82. The summed E-state index contributed by atoms with van der Waals surface area (Å²) < 4.78 is 4.74. The number of carboxylic acids is 1. The third-order valence-electron chi connectivity index (χ3n) is 8.60. The van der Waals surface area contributed by atoms with Crippen LogP contribution in [0.1, 0.15) is 6.92 Å². The minimum atomic E-state index is -1.05. The summed E-state index contributed by atoms with van der Waals surface area (Å²) >= 11 is 5.48. The minimum absolute atomic E-state index is 0.00361. The molecule has 0 unspecified atom stereocenters. The summed E-state index contributed by atoms with van der Waals surface area (Å²) in [5.74, 6) is -1.39. The molecule has 0 aliphatic heterocycles. The summed E-state index contributed by atoms with van der Waals surface area (Å²) in [5, 5.41) is 85.8. The molecule has 0 aliphatic carbocycles. The van der Waals surface area contributed by atoms with Crippen LogP contribution >= 0.6 is 11.6 Å². The lowest BCUT2D eigenvalue weighted by Gasteiger charge is -2.04. The van der Waals surface area contributed by atoms with Crippen LogP contribution in [-0.2, 0) is 14.3 Å². The third-order valence-corrected chi connectivity index (χ3v) is 8.76. The summed E-state index contributed by atoms with van der Waals surface area (Å²) in [4.78, 5) is 53.9. The molecule has 0 amide bonds. The third kappa shape index (κ3) is 13.5. The van der Waals surface area contributed by atoms with Crippen molar-refractivity contribution in [1.29, 1.82) is 0 Å². The molecule has 5 aromatic heterocycles. The van der Waals surface area contributed by atoms with E-state index in [0.717, 1.165) is 0 Å². The number of fused-ring (bicyclic) bond motifs is 5. The van der Waals surface area contributed by atoms with Crippen molar-refractivity contribution in [2.75, 3.05) is 36.1 Å². The number of hydrogen-bond donors (Lipinski definition) is 5. The average molecular weight is 975 g/mol. The Morgan fingerprint density at radius 2 is 0.971 bits per heavy atom. The second kappa shape index (κ2) is 23.4.